The summed E-state index contributed by atoms with van der Waals surface area (Å²) in [5.74, 6) is 0. The molecule has 186 valence electrons. The molecule has 10 heteroatoms. The van der Waals surface area contributed by atoms with Gasteiger partial charge in [-0.1, -0.05) is 25.7 Å². The van der Waals surface area contributed by atoms with Gasteiger partial charge in [0.05, 0.1) is 6.10 Å². The minimum atomic E-state index is -2.88. The molecular formula is C21H46O8Si2. The maximum Gasteiger partial charge on any atom is 0.679 e. The molecule has 1 aliphatic carbocycles. The molecule has 0 amide bonds. The van der Waals surface area contributed by atoms with Crippen molar-refractivity contribution in [3.63, 3.8) is 0 Å². The molecule has 2 aliphatic rings. The van der Waals surface area contributed by atoms with Gasteiger partial charge in [-0.2, -0.15) is 0 Å². The van der Waals surface area contributed by atoms with Gasteiger partial charge in [-0.05, 0) is 46.1 Å². The van der Waals surface area contributed by atoms with Crippen LogP contribution in [0.1, 0.15) is 72.1 Å². The molecule has 0 aromatic carbocycles. The third-order valence-corrected chi connectivity index (χ3v) is 12.7. The van der Waals surface area contributed by atoms with Crippen molar-refractivity contribution in [1.82, 2.24) is 0 Å². The number of methoxy groups -OCH3 is 2. The minimum absolute atomic E-state index is 0.250. The van der Waals surface area contributed by atoms with Gasteiger partial charge in [0.25, 0.3) is 0 Å². The van der Waals surface area contributed by atoms with Crippen molar-refractivity contribution in [2.75, 3.05) is 48.3 Å². The van der Waals surface area contributed by atoms with Crippen LogP contribution >= 0.6 is 0 Å². The Balaban J connectivity index is 0.000000316. The number of rotatable bonds is 12. The van der Waals surface area contributed by atoms with Gasteiger partial charge < -0.3 is 36.0 Å². The molecule has 0 aromatic rings. The van der Waals surface area contributed by atoms with Crippen LogP contribution in [-0.2, 0) is 36.0 Å². The lowest BCUT2D eigenvalue weighted by Crippen LogP contribution is -2.65. The summed E-state index contributed by atoms with van der Waals surface area (Å²) >= 11 is 0. The summed E-state index contributed by atoms with van der Waals surface area (Å²) in [6, 6.07) is 0.932. The molecule has 0 radical (unpaired) electrons. The zero-order valence-electron chi connectivity index (χ0n) is 20.8. The zero-order chi connectivity index (χ0) is 23.2. The number of hydrogen-bond donors (Lipinski definition) is 0. The van der Waals surface area contributed by atoms with Crippen molar-refractivity contribution in [2.24, 2.45) is 0 Å². The van der Waals surface area contributed by atoms with Crippen LogP contribution in [0.25, 0.3) is 0 Å². The molecule has 0 unspecified atom stereocenters. The lowest BCUT2D eigenvalue weighted by molar-refractivity contribution is -0.183. The highest BCUT2D eigenvalue weighted by Crippen LogP contribution is 2.40. The van der Waals surface area contributed by atoms with E-state index in [-0.39, 0.29) is 6.10 Å². The van der Waals surface area contributed by atoms with Gasteiger partial charge in [0.15, 0.2) is 0 Å². The van der Waals surface area contributed by atoms with Crippen molar-refractivity contribution in [3.8, 4) is 0 Å². The lowest BCUT2D eigenvalue weighted by atomic mass is 9.98. The average molecular weight is 483 g/mol. The molecule has 1 saturated heterocycles. The molecule has 0 aromatic heterocycles. The van der Waals surface area contributed by atoms with Gasteiger partial charge in [-0.15, -0.1) is 0 Å². The smallest absolute Gasteiger partial charge is 0.395 e. The molecule has 2 rings (SSSR count). The highest BCUT2D eigenvalue weighted by atomic mass is 28.4. The van der Waals surface area contributed by atoms with E-state index in [0.717, 1.165) is 38.1 Å². The first-order valence-corrected chi connectivity index (χ1v) is 15.4. The molecule has 2 fully saturated rings. The van der Waals surface area contributed by atoms with Crippen molar-refractivity contribution >= 4 is 17.6 Å². The summed E-state index contributed by atoms with van der Waals surface area (Å²) in [6.07, 6.45) is 9.31. The highest BCUT2D eigenvalue weighted by Gasteiger charge is 2.60. The Labute approximate surface area is 191 Å². The van der Waals surface area contributed by atoms with Crippen LogP contribution in [0.5, 0.6) is 0 Å². The van der Waals surface area contributed by atoms with Gasteiger partial charge in [0, 0.05) is 54.7 Å². The van der Waals surface area contributed by atoms with Crippen molar-refractivity contribution in [2.45, 2.75) is 89.7 Å². The van der Waals surface area contributed by atoms with Crippen LogP contribution in [-0.4, -0.2) is 77.4 Å². The standard InChI is InChI=1S/C12H26O4Si.C9H20O4Si/c1-4-13-17(14-5-2,15-6-3)16-12-10-8-7-9-11-12;1-10-9(11-2)7-5-6-8-14(9,12-3)13-4/h12H,4-11H2,1-3H3;5-8H2,1-4H3. The molecule has 8 nitrogen and oxygen atoms in total. The first kappa shape index (κ1) is 29.1. The van der Waals surface area contributed by atoms with E-state index < -0.39 is 23.0 Å². The van der Waals surface area contributed by atoms with Crippen LogP contribution in [0.3, 0.4) is 0 Å². The molecule has 0 N–H and O–H groups in total. The van der Waals surface area contributed by atoms with Crippen molar-refractivity contribution < 1.29 is 36.0 Å². The molecule has 0 spiro atoms. The number of ether oxygens (including phenoxy) is 2. The molecule has 1 aliphatic heterocycles. The first-order valence-electron chi connectivity index (χ1n) is 11.8. The van der Waals surface area contributed by atoms with E-state index in [1.165, 1.54) is 19.3 Å². The van der Waals surface area contributed by atoms with Gasteiger partial charge in [0.2, 0.25) is 5.41 Å². The fourth-order valence-electron chi connectivity index (χ4n) is 4.44. The van der Waals surface area contributed by atoms with Crippen molar-refractivity contribution in [1.29, 1.82) is 0 Å². The van der Waals surface area contributed by atoms with Gasteiger partial charge >= 0.3 is 17.6 Å². The maximum absolute atomic E-state index is 6.07. The monoisotopic (exact) mass is 482 g/mol. The SMILES string of the molecule is CCO[Si](OCC)(OCC)OC1CCCCC1.COC1(OC)CCCC[Si]1(OC)OC. The van der Waals surface area contributed by atoms with Crippen LogP contribution in [0.15, 0.2) is 0 Å². The van der Waals surface area contributed by atoms with Crippen molar-refractivity contribution in [3.05, 3.63) is 0 Å². The number of hydrogen-bond acceptors (Lipinski definition) is 8. The predicted octanol–water partition coefficient (Wildman–Crippen LogP) is 4.31. The summed E-state index contributed by atoms with van der Waals surface area (Å²) in [5, 5.41) is 0. The molecule has 1 heterocycles. The highest BCUT2D eigenvalue weighted by molar-refractivity contribution is 6.70. The Hall–Kier alpha value is 0.114. The fourth-order valence-corrected chi connectivity index (χ4v) is 10.1. The Morgan fingerprint density at radius 1 is 0.742 bits per heavy atom. The summed E-state index contributed by atoms with van der Waals surface area (Å²) in [6.45, 7) is 7.55. The maximum atomic E-state index is 6.07. The minimum Gasteiger partial charge on any atom is -0.395 e. The van der Waals surface area contributed by atoms with Gasteiger partial charge in [0.1, 0.15) is 0 Å². The Morgan fingerprint density at radius 3 is 1.65 bits per heavy atom. The third-order valence-electron chi connectivity index (χ3n) is 5.99. The summed E-state index contributed by atoms with van der Waals surface area (Å²) in [5.41, 5.74) is -0.630. The van der Waals surface area contributed by atoms with E-state index in [1.54, 1.807) is 28.4 Å². The van der Waals surface area contributed by atoms with E-state index in [1.807, 2.05) is 20.8 Å². The van der Waals surface area contributed by atoms with E-state index in [0.29, 0.717) is 19.8 Å². The zero-order valence-corrected chi connectivity index (χ0v) is 22.8. The third kappa shape index (κ3) is 7.84. The van der Waals surface area contributed by atoms with Gasteiger partial charge in [-0.3, -0.25) is 0 Å². The molecule has 0 bridgehead atoms. The summed E-state index contributed by atoms with van der Waals surface area (Å²) in [7, 11) is 1.46. The first-order chi connectivity index (χ1) is 15.0. The van der Waals surface area contributed by atoms with Gasteiger partial charge in [-0.25, -0.2) is 0 Å². The van der Waals surface area contributed by atoms with Crippen LogP contribution in [0, 0.1) is 0 Å². The van der Waals surface area contributed by atoms with E-state index >= 15 is 0 Å². The average Bonchev–Trinajstić information content (AvgIpc) is 2.80. The topological polar surface area (TPSA) is 73.8 Å². The van der Waals surface area contributed by atoms with Crippen LogP contribution in [0.2, 0.25) is 6.04 Å². The normalized spacial score (nSPS) is 21.4. The predicted molar refractivity (Wildman–Crippen MR) is 124 cm³/mol. The van der Waals surface area contributed by atoms with E-state index in [9.17, 15) is 0 Å². The Kier molecular flexibility index (Phi) is 14.2. The summed E-state index contributed by atoms with van der Waals surface area (Å²) in [4.78, 5) is 0. The quantitative estimate of drug-likeness (QED) is 0.301. The Bertz CT molecular complexity index is 418. The molecular weight excluding hydrogens is 436 g/mol. The summed E-state index contributed by atoms with van der Waals surface area (Å²) < 4.78 is 45.3. The Morgan fingerprint density at radius 2 is 1.26 bits per heavy atom. The second kappa shape index (κ2) is 15.1. The second-order valence-electron chi connectivity index (χ2n) is 7.71. The fraction of sp³-hybridized carbons (Fsp3) is 1.00. The van der Waals surface area contributed by atoms with E-state index in [2.05, 4.69) is 0 Å². The van der Waals surface area contributed by atoms with Crippen LogP contribution < -0.4 is 0 Å². The second-order valence-corrected chi connectivity index (χ2v) is 13.4. The molecule has 31 heavy (non-hydrogen) atoms. The van der Waals surface area contributed by atoms with Crippen LogP contribution in [0.4, 0.5) is 0 Å². The molecule has 1 saturated carbocycles. The lowest BCUT2D eigenvalue weighted by Gasteiger charge is -2.46. The molecule has 0 atom stereocenters. The largest absolute Gasteiger partial charge is 0.679 e. The van der Waals surface area contributed by atoms with E-state index in [4.69, 9.17) is 36.0 Å².